The van der Waals surface area contributed by atoms with Crippen LogP contribution in [0.3, 0.4) is 0 Å². The van der Waals surface area contributed by atoms with Gasteiger partial charge in [0.2, 0.25) is 0 Å². The van der Waals surface area contributed by atoms with Crippen molar-refractivity contribution >= 4 is 0 Å². The summed E-state index contributed by atoms with van der Waals surface area (Å²) in [6.07, 6.45) is 0. The van der Waals surface area contributed by atoms with Gasteiger partial charge >= 0.3 is 0 Å². The third kappa shape index (κ3) is 3.68. The molecule has 96 valence electrons. The molecular weight excluding hydrogens is 221 g/mol. The number of nitrogens with one attached hydrogen (secondary N) is 1. The van der Waals surface area contributed by atoms with Crippen LogP contribution in [0.1, 0.15) is 32.4 Å². The summed E-state index contributed by atoms with van der Waals surface area (Å²) >= 11 is 0. The molecule has 1 aromatic carbocycles. The van der Waals surface area contributed by atoms with Crippen molar-refractivity contribution in [1.29, 1.82) is 0 Å². The zero-order chi connectivity index (χ0) is 13.0. The lowest BCUT2D eigenvalue weighted by Gasteiger charge is -2.25. The molecule has 0 spiro atoms. The number of halogens is 1. The monoisotopic (exact) mass is 241 g/mol. The number of benzene rings is 1. The van der Waals surface area contributed by atoms with Crippen LogP contribution in [-0.2, 0) is 0 Å². The van der Waals surface area contributed by atoms with Gasteiger partial charge in [-0.1, -0.05) is 19.9 Å². The number of phenols is 1. The lowest BCUT2D eigenvalue weighted by molar-refractivity contribution is 0.200. The summed E-state index contributed by atoms with van der Waals surface area (Å²) in [7, 11) is 0. The molecule has 2 atom stereocenters. The number of aliphatic hydroxyl groups is 1. The molecule has 17 heavy (non-hydrogen) atoms. The molecule has 4 heteroatoms. The molecule has 0 aliphatic rings. The van der Waals surface area contributed by atoms with Crippen LogP contribution >= 0.6 is 0 Å². The topological polar surface area (TPSA) is 52.5 Å². The standard InChI is InChI=1S/C13H20FNO2/c1-8(2)13(7-16)15-9(3)11-5-4-10(17)6-12(11)14/h4-6,8-9,13,15-17H,7H2,1-3H3. The zero-order valence-electron chi connectivity index (χ0n) is 10.4. The molecule has 0 aromatic heterocycles. The van der Waals surface area contributed by atoms with E-state index in [4.69, 9.17) is 5.11 Å². The van der Waals surface area contributed by atoms with Crippen molar-refractivity contribution in [2.75, 3.05) is 6.61 Å². The Morgan fingerprint density at radius 3 is 2.41 bits per heavy atom. The highest BCUT2D eigenvalue weighted by Gasteiger charge is 2.18. The Morgan fingerprint density at radius 1 is 1.29 bits per heavy atom. The van der Waals surface area contributed by atoms with Gasteiger partial charge in [-0.05, 0) is 18.9 Å². The largest absolute Gasteiger partial charge is 0.508 e. The molecule has 0 fully saturated rings. The minimum Gasteiger partial charge on any atom is -0.508 e. The SMILES string of the molecule is CC(NC(CO)C(C)C)c1ccc(O)cc1F. The Bertz CT molecular complexity index is 368. The van der Waals surface area contributed by atoms with E-state index < -0.39 is 5.82 Å². The van der Waals surface area contributed by atoms with E-state index in [9.17, 15) is 9.50 Å². The second-order valence-electron chi connectivity index (χ2n) is 4.63. The quantitative estimate of drug-likeness (QED) is 0.740. The van der Waals surface area contributed by atoms with Crippen LogP contribution in [0.25, 0.3) is 0 Å². The molecule has 3 nitrogen and oxygen atoms in total. The van der Waals surface area contributed by atoms with E-state index in [1.54, 1.807) is 6.07 Å². The molecule has 0 aliphatic heterocycles. The summed E-state index contributed by atoms with van der Waals surface area (Å²) < 4.78 is 13.6. The van der Waals surface area contributed by atoms with Gasteiger partial charge < -0.3 is 15.5 Å². The lowest BCUT2D eigenvalue weighted by atomic mass is 10.0. The Morgan fingerprint density at radius 2 is 1.94 bits per heavy atom. The number of hydrogen-bond acceptors (Lipinski definition) is 3. The first kappa shape index (κ1) is 13.9. The van der Waals surface area contributed by atoms with E-state index in [2.05, 4.69) is 5.32 Å². The maximum atomic E-state index is 13.6. The molecule has 2 unspecified atom stereocenters. The lowest BCUT2D eigenvalue weighted by Crippen LogP contribution is -2.38. The molecule has 0 saturated heterocycles. The van der Waals surface area contributed by atoms with Crippen LogP contribution in [-0.4, -0.2) is 22.9 Å². The fraction of sp³-hybridized carbons (Fsp3) is 0.538. The maximum absolute atomic E-state index is 13.6. The average molecular weight is 241 g/mol. The van der Waals surface area contributed by atoms with E-state index >= 15 is 0 Å². The van der Waals surface area contributed by atoms with E-state index in [0.29, 0.717) is 5.56 Å². The normalized spacial score (nSPS) is 14.9. The first-order valence-corrected chi connectivity index (χ1v) is 5.81. The second kappa shape index (κ2) is 5.98. The van der Waals surface area contributed by atoms with E-state index in [-0.39, 0.29) is 30.4 Å². The van der Waals surface area contributed by atoms with Crippen LogP contribution in [0.15, 0.2) is 18.2 Å². The van der Waals surface area contributed by atoms with E-state index in [0.717, 1.165) is 6.07 Å². The number of hydrogen-bond donors (Lipinski definition) is 3. The summed E-state index contributed by atoms with van der Waals surface area (Å²) in [5.41, 5.74) is 0.488. The molecular formula is C13H20FNO2. The van der Waals surface area contributed by atoms with Crippen LogP contribution < -0.4 is 5.32 Å². The fourth-order valence-electron chi connectivity index (χ4n) is 1.73. The Kier molecular flexibility index (Phi) is 4.90. The summed E-state index contributed by atoms with van der Waals surface area (Å²) in [5, 5.41) is 21.5. The molecule has 0 aliphatic carbocycles. The van der Waals surface area contributed by atoms with Gasteiger partial charge in [0, 0.05) is 23.7 Å². The highest BCUT2D eigenvalue weighted by atomic mass is 19.1. The molecule has 0 bridgehead atoms. The molecule has 3 N–H and O–H groups in total. The van der Waals surface area contributed by atoms with Crippen LogP contribution in [0.5, 0.6) is 5.75 Å². The Labute approximate surface area is 101 Å². The minimum atomic E-state index is -0.439. The first-order chi connectivity index (χ1) is 7.95. The van der Waals surface area contributed by atoms with Crippen molar-refractivity contribution in [1.82, 2.24) is 5.32 Å². The van der Waals surface area contributed by atoms with Gasteiger partial charge in [0.25, 0.3) is 0 Å². The maximum Gasteiger partial charge on any atom is 0.131 e. The summed E-state index contributed by atoms with van der Waals surface area (Å²) in [6, 6.07) is 3.82. The van der Waals surface area contributed by atoms with E-state index in [1.165, 1.54) is 6.07 Å². The third-order valence-corrected chi connectivity index (χ3v) is 2.92. The van der Waals surface area contributed by atoms with Crippen molar-refractivity contribution < 1.29 is 14.6 Å². The van der Waals surface area contributed by atoms with Gasteiger partial charge in [-0.15, -0.1) is 0 Å². The van der Waals surface area contributed by atoms with Crippen molar-refractivity contribution in [2.45, 2.75) is 32.9 Å². The summed E-state index contributed by atoms with van der Waals surface area (Å²) in [4.78, 5) is 0. The number of phenolic OH excluding ortho intramolecular Hbond substituents is 1. The predicted octanol–water partition coefficient (Wildman–Crippen LogP) is 2.20. The molecule has 0 amide bonds. The second-order valence-corrected chi connectivity index (χ2v) is 4.63. The molecule has 0 heterocycles. The fourth-order valence-corrected chi connectivity index (χ4v) is 1.73. The highest BCUT2D eigenvalue weighted by molar-refractivity contribution is 5.29. The molecule has 1 rings (SSSR count). The predicted molar refractivity (Wildman–Crippen MR) is 65.3 cm³/mol. The van der Waals surface area contributed by atoms with Crippen molar-refractivity contribution in [2.24, 2.45) is 5.92 Å². The highest BCUT2D eigenvalue weighted by Crippen LogP contribution is 2.22. The Balaban J connectivity index is 2.78. The summed E-state index contributed by atoms with van der Waals surface area (Å²) in [5.74, 6) is -0.255. The van der Waals surface area contributed by atoms with Gasteiger partial charge in [0.15, 0.2) is 0 Å². The van der Waals surface area contributed by atoms with Crippen LogP contribution in [0, 0.1) is 11.7 Å². The van der Waals surface area contributed by atoms with Gasteiger partial charge in [0.05, 0.1) is 6.61 Å². The average Bonchev–Trinajstić information content (AvgIpc) is 2.24. The summed E-state index contributed by atoms with van der Waals surface area (Å²) in [6.45, 7) is 5.84. The van der Waals surface area contributed by atoms with Gasteiger partial charge in [0.1, 0.15) is 11.6 Å². The van der Waals surface area contributed by atoms with Crippen molar-refractivity contribution in [3.05, 3.63) is 29.6 Å². The van der Waals surface area contributed by atoms with Crippen molar-refractivity contribution in [3.8, 4) is 5.75 Å². The third-order valence-electron chi connectivity index (χ3n) is 2.92. The molecule has 1 aromatic rings. The van der Waals surface area contributed by atoms with Crippen LogP contribution in [0.4, 0.5) is 4.39 Å². The Hall–Kier alpha value is -1.13. The zero-order valence-corrected chi connectivity index (χ0v) is 10.4. The first-order valence-electron chi connectivity index (χ1n) is 5.81. The minimum absolute atomic E-state index is 0.0156. The number of rotatable bonds is 5. The smallest absolute Gasteiger partial charge is 0.131 e. The van der Waals surface area contributed by atoms with Crippen molar-refractivity contribution in [3.63, 3.8) is 0 Å². The van der Waals surface area contributed by atoms with Gasteiger partial charge in [-0.2, -0.15) is 0 Å². The van der Waals surface area contributed by atoms with Crippen LogP contribution in [0.2, 0.25) is 0 Å². The van der Waals surface area contributed by atoms with E-state index in [1.807, 2.05) is 20.8 Å². The van der Waals surface area contributed by atoms with Gasteiger partial charge in [-0.3, -0.25) is 0 Å². The van der Waals surface area contributed by atoms with Gasteiger partial charge in [-0.25, -0.2) is 4.39 Å². The number of aromatic hydroxyl groups is 1. The molecule has 0 radical (unpaired) electrons. The molecule has 0 saturated carbocycles. The number of aliphatic hydroxyl groups excluding tert-OH is 1.